The molecule has 1 atom stereocenters. The van der Waals surface area contributed by atoms with E-state index in [2.05, 4.69) is 11.1 Å². The van der Waals surface area contributed by atoms with Crippen LogP contribution in [0.3, 0.4) is 0 Å². The molecule has 0 fully saturated rings. The number of fused-ring (bicyclic) bond motifs is 2. The van der Waals surface area contributed by atoms with Gasteiger partial charge in [0.05, 0.1) is 24.9 Å². The van der Waals surface area contributed by atoms with Crippen LogP contribution in [0.2, 0.25) is 0 Å². The molecule has 21 heavy (non-hydrogen) atoms. The molecular formula is C16H13FN2O2. The molecule has 1 aromatic heterocycles. The Hall–Kier alpha value is -2.40. The molecule has 0 bridgehead atoms. The van der Waals surface area contributed by atoms with Gasteiger partial charge in [-0.25, -0.2) is 9.37 Å². The lowest BCUT2D eigenvalue weighted by molar-refractivity contribution is 0.146. The summed E-state index contributed by atoms with van der Waals surface area (Å²) >= 11 is 0. The average molecular weight is 284 g/mol. The van der Waals surface area contributed by atoms with Crippen LogP contribution in [0.5, 0.6) is 11.5 Å². The minimum atomic E-state index is -0.303. The first-order valence-electron chi connectivity index (χ1n) is 6.79. The van der Waals surface area contributed by atoms with Crippen molar-refractivity contribution in [1.29, 1.82) is 0 Å². The zero-order valence-electron chi connectivity index (χ0n) is 11.2. The van der Waals surface area contributed by atoms with Gasteiger partial charge in [0.2, 0.25) is 0 Å². The van der Waals surface area contributed by atoms with Gasteiger partial charge in [-0.1, -0.05) is 12.2 Å². The Labute approximate surface area is 121 Å². The number of halogens is 1. The molecule has 1 aromatic carbocycles. The molecule has 0 radical (unpaired) electrons. The second kappa shape index (κ2) is 4.86. The molecule has 2 aliphatic heterocycles. The monoisotopic (exact) mass is 284 g/mol. The van der Waals surface area contributed by atoms with E-state index in [0.29, 0.717) is 36.2 Å². The van der Waals surface area contributed by atoms with E-state index < -0.39 is 0 Å². The first-order valence-corrected chi connectivity index (χ1v) is 6.79. The van der Waals surface area contributed by atoms with Crippen LogP contribution in [-0.2, 0) is 4.74 Å². The van der Waals surface area contributed by atoms with Gasteiger partial charge in [0.15, 0.2) is 17.3 Å². The molecule has 5 heteroatoms. The fourth-order valence-corrected chi connectivity index (χ4v) is 2.66. The molecule has 0 N–H and O–H groups in total. The summed E-state index contributed by atoms with van der Waals surface area (Å²) in [5.74, 6) is 1.66. The zero-order valence-corrected chi connectivity index (χ0v) is 11.2. The second-order valence-corrected chi connectivity index (χ2v) is 4.94. The van der Waals surface area contributed by atoms with E-state index in [4.69, 9.17) is 9.47 Å². The summed E-state index contributed by atoms with van der Waals surface area (Å²) in [6.07, 6.45) is 5.72. The maximum absolute atomic E-state index is 13.7. The van der Waals surface area contributed by atoms with E-state index in [0.717, 1.165) is 0 Å². The summed E-state index contributed by atoms with van der Waals surface area (Å²) in [6, 6.07) is 8.15. The number of ether oxygens (including phenoxy) is 2. The van der Waals surface area contributed by atoms with E-state index in [1.54, 1.807) is 12.3 Å². The molecule has 4 rings (SSSR count). The summed E-state index contributed by atoms with van der Waals surface area (Å²) in [5.41, 5.74) is 0.668. The normalized spacial score (nSPS) is 19.7. The maximum atomic E-state index is 13.7. The first-order chi connectivity index (χ1) is 10.3. The molecular weight excluding hydrogens is 271 g/mol. The highest BCUT2D eigenvalue weighted by atomic mass is 19.1. The Balaban J connectivity index is 1.89. The van der Waals surface area contributed by atoms with Gasteiger partial charge in [0.1, 0.15) is 5.82 Å². The third-order valence-corrected chi connectivity index (χ3v) is 3.57. The van der Waals surface area contributed by atoms with Crippen LogP contribution >= 0.6 is 0 Å². The van der Waals surface area contributed by atoms with Gasteiger partial charge in [0.25, 0.3) is 0 Å². The van der Waals surface area contributed by atoms with Crippen molar-refractivity contribution in [3.63, 3.8) is 0 Å². The van der Waals surface area contributed by atoms with Crippen molar-refractivity contribution >= 4 is 11.5 Å². The fraction of sp³-hybridized carbons (Fsp3) is 0.188. The Morgan fingerprint density at radius 3 is 3.05 bits per heavy atom. The molecule has 0 saturated heterocycles. The highest BCUT2D eigenvalue weighted by Gasteiger charge is 2.31. The summed E-state index contributed by atoms with van der Waals surface area (Å²) in [4.78, 5) is 6.36. The fourth-order valence-electron chi connectivity index (χ4n) is 2.66. The van der Waals surface area contributed by atoms with Crippen LogP contribution in [0.25, 0.3) is 0 Å². The Morgan fingerprint density at radius 1 is 1.24 bits per heavy atom. The predicted octanol–water partition coefficient (Wildman–Crippen LogP) is 3.42. The highest BCUT2D eigenvalue weighted by Crippen LogP contribution is 2.46. The van der Waals surface area contributed by atoms with Gasteiger partial charge in [-0.15, -0.1) is 0 Å². The number of hydrogen-bond acceptors (Lipinski definition) is 4. The van der Waals surface area contributed by atoms with Crippen molar-refractivity contribution in [1.82, 2.24) is 4.98 Å². The van der Waals surface area contributed by atoms with E-state index in [1.807, 2.05) is 23.1 Å². The van der Waals surface area contributed by atoms with Crippen molar-refractivity contribution < 1.29 is 13.9 Å². The zero-order chi connectivity index (χ0) is 14.2. The maximum Gasteiger partial charge on any atom is 0.177 e. The lowest BCUT2D eigenvalue weighted by Crippen LogP contribution is -2.37. The van der Waals surface area contributed by atoms with Crippen molar-refractivity contribution in [2.24, 2.45) is 0 Å². The van der Waals surface area contributed by atoms with E-state index in [1.165, 1.54) is 12.1 Å². The number of rotatable bonds is 1. The summed E-state index contributed by atoms with van der Waals surface area (Å²) in [6.45, 7) is 1.13. The van der Waals surface area contributed by atoms with Crippen LogP contribution in [-0.4, -0.2) is 24.2 Å². The molecule has 4 nitrogen and oxygen atoms in total. The number of pyridine rings is 1. The van der Waals surface area contributed by atoms with E-state index in [9.17, 15) is 4.39 Å². The lowest BCUT2D eigenvalue weighted by Gasteiger charge is -2.37. The Bertz CT molecular complexity index is 717. The quantitative estimate of drug-likeness (QED) is 0.752. The molecule has 0 aliphatic carbocycles. The molecule has 0 spiro atoms. The predicted molar refractivity (Wildman–Crippen MR) is 76.6 cm³/mol. The Morgan fingerprint density at radius 2 is 2.19 bits per heavy atom. The number of nitrogens with zero attached hydrogens (tertiary/aromatic N) is 2. The smallest absolute Gasteiger partial charge is 0.177 e. The number of hydrogen-bond donors (Lipinski definition) is 0. The SMILES string of the molecule is Fc1ccc2c(c1)N([C@@H]1C=CCOC1)c1ncccc1O2. The van der Waals surface area contributed by atoms with Crippen LogP contribution in [0, 0.1) is 5.82 Å². The minimum absolute atomic E-state index is 0.0307. The van der Waals surface area contributed by atoms with Crippen LogP contribution < -0.4 is 9.64 Å². The summed E-state index contributed by atoms with van der Waals surface area (Å²) in [7, 11) is 0. The van der Waals surface area contributed by atoms with Gasteiger partial charge in [0, 0.05) is 12.3 Å². The van der Waals surface area contributed by atoms with E-state index >= 15 is 0 Å². The number of aromatic nitrogens is 1. The van der Waals surface area contributed by atoms with Crippen LogP contribution in [0.4, 0.5) is 15.9 Å². The molecule has 0 unspecified atom stereocenters. The van der Waals surface area contributed by atoms with Crippen LogP contribution in [0.1, 0.15) is 0 Å². The number of benzene rings is 1. The lowest BCUT2D eigenvalue weighted by atomic mass is 10.1. The molecule has 0 amide bonds. The third kappa shape index (κ3) is 2.06. The Kier molecular flexibility index (Phi) is 2.86. The topological polar surface area (TPSA) is 34.6 Å². The van der Waals surface area contributed by atoms with Crippen molar-refractivity contribution in [3.8, 4) is 11.5 Å². The first kappa shape index (κ1) is 12.3. The van der Waals surface area contributed by atoms with Crippen molar-refractivity contribution in [2.45, 2.75) is 6.04 Å². The largest absolute Gasteiger partial charge is 0.451 e. The van der Waals surface area contributed by atoms with Crippen molar-refractivity contribution in [3.05, 3.63) is 54.5 Å². The van der Waals surface area contributed by atoms with Gasteiger partial charge in [-0.05, 0) is 24.3 Å². The summed E-state index contributed by atoms with van der Waals surface area (Å²) in [5, 5.41) is 0. The van der Waals surface area contributed by atoms with Gasteiger partial charge >= 0.3 is 0 Å². The van der Waals surface area contributed by atoms with Crippen LogP contribution in [0.15, 0.2) is 48.7 Å². The van der Waals surface area contributed by atoms with Gasteiger partial charge in [-0.3, -0.25) is 0 Å². The second-order valence-electron chi connectivity index (χ2n) is 4.94. The highest BCUT2D eigenvalue weighted by molar-refractivity contribution is 5.76. The van der Waals surface area contributed by atoms with Gasteiger partial charge < -0.3 is 14.4 Å². The van der Waals surface area contributed by atoms with Gasteiger partial charge in [-0.2, -0.15) is 0 Å². The third-order valence-electron chi connectivity index (χ3n) is 3.57. The summed E-state index contributed by atoms with van der Waals surface area (Å²) < 4.78 is 25.0. The number of anilines is 2. The average Bonchev–Trinajstić information content (AvgIpc) is 2.53. The standard InChI is InChI=1S/C16H13FN2O2/c17-11-5-6-14-13(9-11)19(12-3-2-8-20-10-12)16-15(21-14)4-1-7-18-16/h1-7,9,12H,8,10H2/t12-/m1/s1. The van der Waals surface area contributed by atoms with E-state index in [-0.39, 0.29) is 11.9 Å². The molecule has 3 heterocycles. The molecule has 2 aliphatic rings. The van der Waals surface area contributed by atoms with Crippen molar-refractivity contribution in [2.75, 3.05) is 18.1 Å². The molecule has 0 saturated carbocycles. The minimum Gasteiger partial charge on any atom is -0.451 e. The molecule has 106 valence electrons. The molecule has 2 aromatic rings.